The van der Waals surface area contributed by atoms with E-state index in [1.54, 1.807) is 20.0 Å². The van der Waals surface area contributed by atoms with E-state index in [0.29, 0.717) is 13.1 Å². The van der Waals surface area contributed by atoms with Crippen molar-refractivity contribution < 1.29 is 12.8 Å². The third kappa shape index (κ3) is 2.41. The molecule has 0 aromatic heterocycles. The van der Waals surface area contributed by atoms with Gasteiger partial charge in [-0.05, 0) is 38.1 Å². The van der Waals surface area contributed by atoms with Crippen LogP contribution in [0.15, 0.2) is 23.1 Å². The third-order valence-corrected chi connectivity index (χ3v) is 5.14. The number of rotatable bonds is 3. The Morgan fingerprint density at radius 1 is 1.44 bits per heavy atom. The van der Waals surface area contributed by atoms with Crippen LogP contribution in [-0.4, -0.2) is 38.9 Å². The maximum absolute atomic E-state index is 13.7. The highest BCUT2D eigenvalue weighted by atomic mass is 32.2. The molecule has 1 N–H and O–H groups in total. The molecule has 0 bridgehead atoms. The van der Waals surface area contributed by atoms with Crippen molar-refractivity contribution in [1.29, 1.82) is 0 Å². The average Bonchev–Trinajstić information content (AvgIpc) is 2.81. The number of sulfonamides is 1. The van der Waals surface area contributed by atoms with Gasteiger partial charge in [0.15, 0.2) is 0 Å². The van der Waals surface area contributed by atoms with E-state index in [9.17, 15) is 12.8 Å². The summed E-state index contributed by atoms with van der Waals surface area (Å²) in [6.45, 7) is 2.58. The molecule has 1 aliphatic rings. The summed E-state index contributed by atoms with van der Waals surface area (Å²) in [7, 11) is -1.92. The Labute approximate surface area is 107 Å². The second kappa shape index (κ2) is 4.95. The fraction of sp³-hybridized carbons (Fsp3) is 0.500. The molecule has 0 amide bonds. The highest BCUT2D eigenvalue weighted by molar-refractivity contribution is 7.89. The molecule has 1 aromatic rings. The third-order valence-electron chi connectivity index (χ3n) is 3.26. The van der Waals surface area contributed by atoms with Gasteiger partial charge in [-0.2, -0.15) is 4.31 Å². The van der Waals surface area contributed by atoms with E-state index in [-0.39, 0.29) is 10.9 Å². The van der Waals surface area contributed by atoms with Gasteiger partial charge < -0.3 is 5.32 Å². The predicted molar refractivity (Wildman–Crippen MR) is 67.4 cm³/mol. The van der Waals surface area contributed by atoms with E-state index >= 15 is 0 Å². The summed E-state index contributed by atoms with van der Waals surface area (Å²) in [6.07, 6.45) is 0.753. The first-order valence-electron chi connectivity index (χ1n) is 5.88. The molecule has 0 spiro atoms. The standard InChI is InChI=1S/C12H17FN2O2S/c1-9-3-4-11(13)12(7-9)18(16,17)15-6-5-10(8-15)14-2/h3-4,7,10,14H,5-6,8H2,1-2H3. The van der Waals surface area contributed by atoms with Crippen LogP contribution in [0.5, 0.6) is 0 Å². The molecule has 0 aliphatic carbocycles. The van der Waals surface area contributed by atoms with E-state index < -0.39 is 15.8 Å². The quantitative estimate of drug-likeness (QED) is 0.897. The molecule has 4 nitrogen and oxygen atoms in total. The van der Waals surface area contributed by atoms with Gasteiger partial charge in [-0.3, -0.25) is 0 Å². The first-order chi connectivity index (χ1) is 8.45. The van der Waals surface area contributed by atoms with Crippen molar-refractivity contribution in [2.75, 3.05) is 20.1 Å². The van der Waals surface area contributed by atoms with Crippen LogP contribution < -0.4 is 5.32 Å². The molecule has 6 heteroatoms. The summed E-state index contributed by atoms with van der Waals surface area (Å²) in [5.41, 5.74) is 0.735. The largest absolute Gasteiger partial charge is 0.316 e. The van der Waals surface area contributed by atoms with Crippen LogP contribution in [0.25, 0.3) is 0 Å². The molecule has 1 saturated heterocycles. The normalized spacial score (nSPS) is 21.4. The number of benzene rings is 1. The smallest absolute Gasteiger partial charge is 0.246 e. The number of likely N-dealkylation sites (N-methyl/N-ethyl adjacent to an activating group) is 1. The van der Waals surface area contributed by atoms with E-state index in [4.69, 9.17) is 0 Å². The maximum Gasteiger partial charge on any atom is 0.246 e. The average molecular weight is 272 g/mol. The Kier molecular flexibility index (Phi) is 3.70. The molecule has 0 radical (unpaired) electrons. The van der Waals surface area contributed by atoms with Gasteiger partial charge in [-0.1, -0.05) is 6.07 Å². The zero-order valence-electron chi connectivity index (χ0n) is 10.5. The highest BCUT2D eigenvalue weighted by Crippen LogP contribution is 2.24. The fourth-order valence-electron chi connectivity index (χ4n) is 2.13. The van der Waals surface area contributed by atoms with Crippen molar-refractivity contribution in [2.24, 2.45) is 0 Å². The number of nitrogens with zero attached hydrogens (tertiary/aromatic N) is 1. The summed E-state index contributed by atoms with van der Waals surface area (Å²) >= 11 is 0. The molecule has 100 valence electrons. The Morgan fingerprint density at radius 3 is 2.78 bits per heavy atom. The summed E-state index contributed by atoms with van der Waals surface area (Å²) in [4.78, 5) is -0.223. The van der Waals surface area contributed by atoms with Gasteiger partial charge in [0.05, 0.1) is 0 Å². The lowest BCUT2D eigenvalue weighted by Crippen LogP contribution is -2.33. The second-order valence-corrected chi connectivity index (χ2v) is 6.48. The van der Waals surface area contributed by atoms with Crippen molar-refractivity contribution in [2.45, 2.75) is 24.3 Å². The zero-order chi connectivity index (χ0) is 13.3. The van der Waals surface area contributed by atoms with Crippen molar-refractivity contribution in [3.63, 3.8) is 0 Å². The SMILES string of the molecule is CNC1CCN(S(=O)(=O)c2cc(C)ccc2F)C1. The number of hydrogen-bond donors (Lipinski definition) is 1. The Hall–Kier alpha value is -0.980. The van der Waals surface area contributed by atoms with Crippen LogP contribution in [0.3, 0.4) is 0 Å². The lowest BCUT2D eigenvalue weighted by atomic mass is 10.2. The number of hydrogen-bond acceptors (Lipinski definition) is 3. The number of halogens is 1. The molecule has 1 fully saturated rings. The molecular formula is C12H17FN2O2S. The van der Waals surface area contributed by atoms with E-state index in [1.165, 1.54) is 16.4 Å². The van der Waals surface area contributed by atoms with E-state index in [1.807, 2.05) is 0 Å². The summed E-state index contributed by atoms with van der Waals surface area (Å²) in [6, 6.07) is 4.30. The lowest BCUT2D eigenvalue weighted by Gasteiger charge is -2.17. The van der Waals surface area contributed by atoms with Crippen molar-refractivity contribution >= 4 is 10.0 Å². The minimum Gasteiger partial charge on any atom is -0.316 e. The zero-order valence-corrected chi connectivity index (χ0v) is 11.3. The summed E-state index contributed by atoms with van der Waals surface area (Å²) in [5.74, 6) is -0.687. The number of nitrogens with one attached hydrogen (secondary N) is 1. The van der Waals surface area contributed by atoms with Crippen LogP contribution in [0.4, 0.5) is 4.39 Å². The van der Waals surface area contributed by atoms with Gasteiger partial charge in [0, 0.05) is 19.1 Å². The Morgan fingerprint density at radius 2 is 2.17 bits per heavy atom. The summed E-state index contributed by atoms with van der Waals surface area (Å²) < 4.78 is 39.7. The number of aryl methyl sites for hydroxylation is 1. The molecule has 0 saturated carbocycles. The van der Waals surface area contributed by atoms with Crippen LogP contribution in [0, 0.1) is 12.7 Å². The topological polar surface area (TPSA) is 49.4 Å². The minimum absolute atomic E-state index is 0.146. The molecule has 1 heterocycles. The van der Waals surface area contributed by atoms with E-state index in [0.717, 1.165) is 12.0 Å². The molecule has 1 unspecified atom stereocenters. The van der Waals surface area contributed by atoms with Gasteiger partial charge >= 0.3 is 0 Å². The second-order valence-electron chi connectivity index (χ2n) is 4.57. The molecular weight excluding hydrogens is 255 g/mol. The van der Waals surface area contributed by atoms with Crippen LogP contribution >= 0.6 is 0 Å². The highest BCUT2D eigenvalue weighted by Gasteiger charge is 2.33. The Balaban J connectivity index is 2.34. The minimum atomic E-state index is -3.72. The van der Waals surface area contributed by atoms with Crippen molar-refractivity contribution in [3.05, 3.63) is 29.6 Å². The predicted octanol–water partition coefficient (Wildman–Crippen LogP) is 1.12. The Bertz CT molecular complexity index is 545. The van der Waals surface area contributed by atoms with Gasteiger partial charge in [0.1, 0.15) is 10.7 Å². The van der Waals surface area contributed by atoms with Crippen LogP contribution in [0.2, 0.25) is 0 Å². The fourth-order valence-corrected chi connectivity index (χ4v) is 3.78. The van der Waals surface area contributed by atoms with Gasteiger partial charge in [-0.15, -0.1) is 0 Å². The van der Waals surface area contributed by atoms with Gasteiger partial charge in [0.25, 0.3) is 0 Å². The molecule has 18 heavy (non-hydrogen) atoms. The van der Waals surface area contributed by atoms with E-state index in [2.05, 4.69) is 5.32 Å². The molecule has 2 rings (SSSR count). The van der Waals surface area contributed by atoms with Gasteiger partial charge in [0.2, 0.25) is 10.0 Å². The lowest BCUT2D eigenvalue weighted by molar-refractivity contribution is 0.458. The first-order valence-corrected chi connectivity index (χ1v) is 7.32. The molecule has 1 aromatic carbocycles. The van der Waals surface area contributed by atoms with Gasteiger partial charge in [-0.25, -0.2) is 12.8 Å². The molecule has 1 atom stereocenters. The first kappa shape index (κ1) is 13.5. The molecule has 1 aliphatic heterocycles. The van der Waals surface area contributed by atoms with Crippen molar-refractivity contribution in [3.8, 4) is 0 Å². The summed E-state index contributed by atoms with van der Waals surface area (Å²) in [5, 5.41) is 3.04. The van der Waals surface area contributed by atoms with Crippen LogP contribution in [0.1, 0.15) is 12.0 Å². The monoisotopic (exact) mass is 272 g/mol. The van der Waals surface area contributed by atoms with Crippen molar-refractivity contribution in [1.82, 2.24) is 9.62 Å². The van der Waals surface area contributed by atoms with Crippen LogP contribution in [-0.2, 0) is 10.0 Å². The maximum atomic E-state index is 13.7.